The number of hydrogen-bond donors (Lipinski definition) is 1. The first-order valence-electron chi connectivity index (χ1n) is 7.59. The van der Waals surface area contributed by atoms with Crippen molar-refractivity contribution >= 4 is 17.5 Å². The molecule has 0 bridgehead atoms. The van der Waals surface area contributed by atoms with E-state index >= 15 is 0 Å². The number of methoxy groups -OCH3 is 1. The zero-order valence-corrected chi connectivity index (χ0v) is 14.5. The maximum absolute atomic E-state index is 12.2. The number of carbonyl (C=O) groups is 1. The van der Waals surface area contributed by atoms with Crippen LogP contribution in [0.3, 0.4) is 0 Å². The zero-order chi connectivity index (χ0) is 17.8. The molecule has 3 aromatic rings. The van der Waals surface area contributed by atoms with Gasteiger partial charge in [-0.2, -0.15) is 4.98 Å². The van der Waals surface area contributed by atoms with E-state index < -0.39 is 0 Å². The summed E-state index contributed by atoms with van der Waals surface area (Å²) >= 11 is 6.11. The summed E-state index contributed by atoms with van der Waals surface area (Å²) in [5, 5.41) is 7.18. The fraction of sp³-hybridized carbons (Fsp3) is 0.167. The summed E-state index contributed by atoms with van der Waals surface area (Å²) in [6.45, 7) is 2.00. The third-order valence-corrected chi connectivity index (χ3v) is 3.97. The standard InChI is InChI=1S/C18H16ClN3O3/c1-11-9-12(7-8-15(11)24-2)18(23)20-10-16-21-17(22-25-16)13-5-3-4-6-14(13)19/h3-9H,10H2,1-2H3,(H,20,23). The van der Waals surface area contributed by atoms with Crippen LogP contribution in [0.2, 0.25) is 5.02 Å². The SMILES string of the molecule is COc1ccc(C(=O)NCc2nc(-c3ccccc3Cl)no2)cc1C. The van der Waals surface area contributed by atoms with Crippen molar-refractivity contribution in [1.29, 1.82) is 0 Å². The number of benzene rings is 2. The molecule has 0 spiro atoms. The molecule has 0 atom stereocenters. The Hall–Kier alpha value is -2.86. The third kappa shape index (κ3) is 3.80. The number of rotatable bonds is 5. The highest BCUT2D eigenvalue weighted by Crippen LogP contribution is 2.24. The number of amides is 1. The Morgan fingerprint density at radius 3 is 2.80 bits per heavy atom. The van der Waals surface area contributed by atoms with Gasteiger partial charge in [-0.15, -0.1) is 0 Å². The molecule has 3 rings (SSSR count). The van der Waals surface area contributed by atoms with Crippen LogP contribution < -0.4 is 10.1 Å². The average molecular weight is 358 g/mol. The van der Waals surface area contributed by atoms with Gasteiger partial charge in [-0.05, 0) is 42.8 Å². The van der Waals surface area contributed by atoms with Crippen LogP contribution in [-0.2, 0) is 6.54 Å². The van der Waals surface area contributed by atoms with Crippen molar-refractivity contribution in [2.45, 2.75) is 13.5 Å². The monoisotopic (exact) mass is 357 g/mol. The molecule has 0 saturated heterocycles. The molecule has 7 heteroatoms. The fourth-order valence-corrected chi connectivity index (χ4v) is 2.58. The second-order valence-corrected chi connectivity index (χ2v) is 5.77. The third-order valence-electron chi connectivity index (χ3n) is 3.64. The summed E-state index contributed by atoms with van der Waals surface area (Å²) in [7, 11) is 1.59. The molecule has 25 heavy (non-hydrogen) atoms. The maximum atomic E-state index is 12.2. The van der Waals surface area contributed by atoms with Crippen molar-refractivity contribution in [2.75, 3.05) is 7.11 Å². The van der Waals surface area contributed by atoms with Crippen LogP contribution in [0.25, 0.3) is 11.4 Å². The van der Waals surface area contributed by atoms with Crippen LogP contribution in [-0.4, -0.2) is 23.2 Å². The van der Waals surface area contributed by atoms with Crippen LogP contribution in [0.4, 0.5) is 0 Å². The number of halogens is 1. The minimum Gasteiger partial charge on any atom is -0.496 e. The first-order chi connectivity index (χ1) is 12.1. The Morgan fingerprint density at radius 2 is 2.08 bits per heavy atom. The summed E-state index contributed by atoms with van der Waals surface area (Å²) in [4.78, 5) is 16.5. The van der Waals surface area contributed by atoms with Crippen molar-refractivity contribution in [3.8, 4) is 17.1 Å². The van der Waals surface area contributed by atoms with Gasteiger partial charge in [-0.3, -0.25) is 4.79 Å². The van der Waals surface area contributed by atoms with Gasteiger partial charge in [-0.1, -0.05) is 28.9 Å². The highest BCUT2D eigenvalue weighted by molar-refractivity contribution is 6.33. The quantitative estimate of drug-likeness (QED) is 0.754. The van der Waals surface area contributed by atoms with E-state index in [-0.39, 0.29) is 12.5 Å². The van der Waals surface area contributed by atoms with Gasteiger partial charge in [0.15, 0.2) is 0 Å². The van der Waals surface area contributed by atoms with E-state index in [0.717, 1.165) is 11.3 Å². The van der Waals surface area contributed by atoms with Crippen LogP contribution in [0.5, 0.6) is 5.75 Å². The molecular weight excluding hydrogens is 342 g/mol. The van der Waals surface area contributed by atoms with Gasteiger partial charge >= 0.3 is 0 Å². The highest BCUT2D eigenvalue weighted by Gasteiger charge is 2.13. The minimum atomic E-state index is -0.233. The van der Waals surface area contributed by atoms with Crippen molar-refractivity contribution in [3.05, 3.63) is 64.5 Å². The number of ether oxygens (including phenoxy) is 1. The summed E-state index contributed by atoms with van der Waals surface area (Å²) in [5.74, 6) is 1.18. The van der Waals surface area contributed by atoms with Crippen molar-refractivity contribution in [1.82, 2.24) is 15.5 Å². The van der Waals surface area contributed by atoms with Crippen LogP contribution in [0.1, 0.15) is 21.8 Å². The molecule has 0 saturated carbocycles. The number of hydrogen-bond acceptors (Lipinski definition) is 5. The molecule has 0 aliphatic carbocycles. The van der Waals surface area contributed by atoms with Crippen molar-refractivity contribution in [2.24, 2.45) is 0 Å². The van der Waals surface area contributed by atoms with E-state index in [0.29, 0.717) is 27.9 Å². The van der Waals surface area contributed by atoms with Gasteiger partial charge in [0.25, 0.3) is 5.91 Å². The number of nitrogens with one attached hydrogen (secondary N) is 1. The zero-order valence-electron chi connectivity index (χ0n) is 13.7. The predicted molar refractivity (Wildman–Crippen MR) is 93.6 cm³/mol. The number of nitrogens with zero attached hydrogens (tertiary/aromatic N) is 2. The summed E-state index contributed by atoms with van der Waals surface area (Å²) in [6, 6.07) is 12.4. The fourth-order valence-electron chi connectivity index (χ4n) is 2.36. The van der Waals surface area contributed by atoms with Gasteiger partial charge in [0.05, 0.1) is 18.7 Å². The summed E-state index contributed by atoms with van der Waals surface area (Å²) in [5.41, 5.74) is 2.09. The molecule has 6 nitrogen and oxygen atoms in total. The van der Waals surface area contributed by atoms with Gasteiger partial charge in [0.1, 0.15) is 5.75 Å². The van der Waals surface area contributed by atoms with E-state index in [1.807, 2.05) is 19.1 Å². The van der Waals surface area contributed by atoms with Crippen molar-refractivity contribution in [3.63, 3.8) is 0 Å². The second kappa shape index (κ2) is 7.36. The molecule has 0 aliphatic rings. The Kier molecular flexibility index (Phi) is 5.00. The number of aromatic nitrogens is 2. The second-order valence-electron chi connectivity index (χ2n) is 5.36. The van der Waals surface area contributed by atoms with Crippen LogP contribution in [0, 0.1) is 6.92 Å². The average Bonchev–Trinajstić information content (AvgIpc) is 3.08. The Balaban J connectivity index is 1.67. The van der Waals surface area contributed by atoms with Crippen LogP contribution >= 0.6 is 11.6 Å². The van der Waals surface area contributed by atoms with E-state index in [4.69, 9.17) is 20.9 Å². The molecule has 1 N–H and O–H groups in total. The highest BCUT2D eigenvalue weighted by atomic mass is 35.5. The molecule has 0 aliphatic heterocycles. The molecule has 1 heterocycles. The molecular formula is C18H16ClN3O3. The minimum absolute atomic E-state index is 0.126. The summed E-state index contributed by atoms with van der Waals surface area (Å²) < 4.78 is 10.4. The van der Waals surface area contributed by atoms with Crippen molar-refractivity contribution < 1.29 is 14.1 Å². The largest absolute Gasteiger partial charge is 0.496 e. The number of aryl methyl sites for hydroxylation is 1. The Morgan fingerprint density at radius 1 is 1.28 bits per heavy atom. The molecule has 0 fully saturated rings. The number of carbonyl (C=O) groups excluding carboxylic acids is 1. The van der Waals surface area contributed by atoms with Gasteiger partial charge in [0, 0.05) is 11.1 Å². The molecule has 2 aromatic carbocycles. The van der Waals surface area contributed by atoms with Gasteiger partial charge in [-0.25, -0.2) is 0 Å². The molecule has 1 aromatic heterocycles. The van der Waals surface area contributed by atoms with E-state index in [9.17, 15) is 4.79 Å². The van der Waals surface area contributed by atoms with E-state index in [2.05, 4.69) is 15.5 Å². The molecule has 0 unspecified atom stereocenters. The maximum Gasteiger partial charge on any atom is 0.251 e. The first-order valence-corrected chi connectivity index (χ1v) is 7.96. The smallest absolute Gasteiger partial charge is 0.251 e. The lowest BCUT2D eigenvalue weighted by Gasteiger charge is -2.07. The Labute approximate surface area is 149 Å². The normalized spacial score (nSPS) is 10.5. The lowest BCUT2D eigenvalue weighted by molar-refractivity contribution is 0.0946. The lowest BCUT2D eigenvalue weighted by atomic mass is 10.1. The topological polar surface area (TPSA) is 77.2 Å². The summed E-state index contributed by atoms with van der Waals surface area (Å²) in [6.07, 6.45) is 0. The molecule has 128 valence electrons. The molecule has 1 amide bonds. The van der Waals surface area contributed by atoms with E-state index in [1.165, 1.54) is 0 Å². The predicted octanol–water partition coefficient (Wildman–Crippen LogP) is 3.64. The lowest BCUT2D eigenvalue weighted by Crippen LogP contribution is -2.23. The van der Waals surface area contributed by atoms with E-state index in [1.54, 1.807) is 37.4 Å². The first kappa shape index (κ1) is 17.0. The van der Waals surface area contributed by atoms with Gasteiger partial charge < -0.3 is 14.6 Å². The van der Waals surface area contributed by atoms with Gasteiger partial charge in [0.2, 0.25) is 11.7 Å². The molecule has 0 radical (unpaired) electrons. The van der Waals surface area contributed by atoms with Crippen LogP contribution in [0.15, 0.2) is 47.0 Å². The Bertz CT molecular complexity index is 908.